The molecule has 1 saturated heterocycles. The van der Waals surface area contributed by atoms with E-state index >= 15 is 0 Å². The number of rotatable bonds is 2. The van der Waals surface area contributed by atoms with Gasteiger partial charge in [0.25, 0.3) is 0 Å². The molecule has 14 heavy (non-hydrogen) atoms. The van der Waals surface area contributed by atoms with Gasteiger partial charge in [0.15, 0.2) is 6.39 Å². The Morgan fingerprint density at radius 2 is 2.50 bits per heavy atom. The minimum atomic E-state index is -0.109. The van der Waals surface area contributed by atoms with Crippen molar-refractivity contribution in [3.05, 3.63) is 17.8 Å². The third kappa shape index (κ3) is 1.39. The molecule has 5 nitrogen and oxygen atoms in total. The van der Waals surface area contributed by atoms with Crippen molar-refractivity contribution in [1.82, 2.24) is 9.88 Å². The Balaban J connectivity index is 2.02. The van der Waals surface area contributed by atoms with Gasteiger partial charge in [0.05, 0.1) is 12.5 Å². The van der Waals surface area contributed by atoms with E-state index in [1.807, 2.05) is 0 Å². The van der Waals surface area contributed by atoms with Crippen LogP contribution in [0.1, 0.15) is 24.3 Å². The lowest BCUT2D eigenvalue weighted by Crippen LogP contribution is -2.47. The van der Waals surface area contributed by atoms with E-state index in [0.29, 0.717) is 24.5 Å². The summed E-state index contributed by atoms with van der Waals surface area (Å²) in [5, 5.41) is 8.95. The molecule has 0 spiro atoms. The minimum Gasteiger partial charge on any atom is -0.448 e. The molecule has 1 aromatic heterocycles. The summed E-state index contributed by atoms with van der Waals surface area (Å²) in [6.07, 6.45) is 1.33. The summed E-state index contributed by atoms with van der Waals surface area (Å²) in [6.45, 7) is 2.76. The SMILES string of the molecule is CC(=O)N1CC(c2ocnc2CO)C1. The summed E-state index contributed by atoms with van der Waals surface area (Å²) in [6, 6.07) is 0. The van der Waals surface area contributed by atoms with Gasteiger partial charge in [0.1, 0.15) is 11.5 Å². The molecule has 1 N–H and O–H groups in total. The number of aliphatic hydroxyl groups is 1. The normalized spacial score (nSPS) is 16.9. The number of likely N-dealkylation sites (tertiary alicyclic amines) is 1. The van der Waals surface area contributed by atoms with Gasteiger partial charge in [0.2, 0.25) is 5.91 Å². The number of oxazole rings is 1. The van der Waals surface area contributed by atoms with Gasteiger partial charge >= 0.3 is 0 Å². The quantitative estimate of drug-likeness (QED) is 0.729. The van der Waals surface area contributed by atoms with Crippen molar-refractivity contribution in [3.63, 3.8) is 0 Å². The maximum atomic E-state index is 10.9. The van der Waals surface area contributed by atoms with E-state index in [0.717, 1.165) is 0 Å². The fraction of sp³-hybridized carbons (Fsp3) is 0.556. The molecule has 1 fully saturated rings. The number of aromatic nitrogens is 1. The molecule has 1 aromatic rings. The van der Waals surface area contributed by atoms with Gasteiger partial charge in [-0.15, -0.1) is 0 Å². The smallest absolute Gasteiger partial charge is 0.219 e. The van der Waals surface area contributed by atoms with Gasteiger partial charge < -0.3 is 14.4 Å². The molecule has 0 aliphatic carbocycles. The van der Waals surface area contributed by atoms with Crippen molar-refractivity contribution in [2.75, 3.05) is 13.1 Å². The van der Waals surface area contributed by atoms with Crippen LogP contribution in [0.4, 0.5) is 0 Å². The summed E-state index contributed by atoms with van der Waals surface area (Å²) in [5.41, 5.74) is 0.582. The molecule has 2 heterocycles. The van der Waals surface area contributed by atoms with Crippen molar-refractivity contribution in [2.45, 2.75) is 19.4 Å². The van der Waals surface area contributed by atoms with E-state index < -0.39 is 0 Å². The third-order valence-corrected chi connectivity index (χ3v) is 2.52. The Morgan fingerprint density at radius 3 is 3.07 bits per heavy atom. The molecule has 1 aliphatic rings. The van der Waals surface area contributed by atoms with Crippen LogP contribution in [0, 0.1) is 0 Å². The lowest BCUT2D eigenvalue weighted by Gasteiger charge is -2.37. The van der Waals surface area contributed by atoms with Gasteiger partial charge in [-0.05, 0) is 0 Å². The lowest BCUT2D eigenvalue weighted by molar-refractivity contribution is -0.133. The zero-order valence-electron chi connectivity index (χ0n) is 7.93. The average molecular weight is 196 g/mol. The molecule has 1 aliphatic heterocycles. The maximum Gasteiger partial charge on any atom is 0.219 e. The first-order valence-electron chi connectivity index (χ1n) is 4.51. The number of aliphatic hydroxyl groups excluding tert-OH is 1. The van der Waals surface area contributed by atoms with Crippen LogP contribution < -0.4 is 0 Å². The predicted molar refractivity (Wildman–Crippen MR) is 47.4 cm³/mol. The number of nitrogens with zero attached hydrogens (tertiary/aromatic N) is 2. The third-order valence-electron chi connectivity index (χ3n) is 2.52. The molecule has 0 saturated carbocycles. The number of amides is 1. The number of hydrogen-bond acceptors (Lipinski definition) is 4. The second kappa shape index (κ2) is 3.42. The summed E-state index contributed by atoms with van der Waals surface area (Å²) < 4.78 is 5.18. The van der Waals surface area contributed by atoms with Gasteiger partial charge in [-0.2, -0.15) is 0 Å². The van der Waals surface area contributed by atoms with E-state index in [2.05, 4.69) is 4.98 Å². The van der Waals surface area contributed by atoms with Gasteiger partial charge in [-0.25, -0.2) is 4.98 Å². The molecule has 5 heteroatoms. The highest BCUT2D eigenvalue weighted by Gasteiger charge is 2.33. The fourth-order valence-corrected chi connectivity index (χ4v) is 1.63. The highest BCUT2D eigenvalue weighted by molar-refractivity contribution is 5.74. The zero-order valence-corrected chi connectivity index (χ0v) is 7.93. The monoisotopic (exact) mass is 196 g/mol. The Hall–Kier alpha value is -1.36. The molecule has 2 rings (SSSR count). The topological polar surface area (TPSA) is 66.6 Å². The first-order valence-corrected chi connectivity index (χ1v) is 4.51. The summed E-state index contributed by atoms with van der Waals surface area (Å²) in [7, 11) is 0. The Kier molecular flexibility index (Phi) is 2.25. The largest absolute Gasteiger partial charge is 0.448 e. The van der Waals surface area contributed by atoms with Crippen LogP contribution in [0.25, 0.3) is 0 Å². The van der Waals surface area contributed by atoms with E-state index in [1.54, 1.807) is 11.8 Å². The predicted octanol–water partition coefficient (Wildman–Crippen LogP) is 0.113. The standard InChI is InChI=1S/C9H12N2O3/c1-6(13)11-2-7(3-11)9-8(4-12)10-5-14-9/h5,7,12H,2-4H2,1H3. The molecule has 1 amide bonds. The van der Waals surface area contributed by atoms with Crippen molar-refractivity contribution in [3.8, 4) is 0 Å². The molecule has 0 radical (unpaired) electrons. The summed E-state index contributed by atoms with van der Waals surface area (Å²) >= 11 is 0. The average Bonchev–Trinajstić information content (AvgIpc) is 2.48. The second-order valence-electron chi connectivity index (χ2n) is 3.44. The Bertz CT molecular complexity index is 342. The van der Waals surface area contributed by atoms with E-state index in [1.165, 1.54) is 6.39 Å². The van der Waals surface area contributed by atoms with Crippen molar-refractivity contribution >= 4 is 5.91 Å². The zero-order chi connectivity index (χ0) is 10.1. The van der Waals surface area contributed by atoms with Gasteiger partial charge in [-0.1, -0.05) is 0 Å². The van der Waals surface area contributed by atoms with E-state index in [4.69, 9.17) is 9.52 Å². The minimum absolute atomic E-state index is 0.0753. The van der Waals surface area contributed by atoms with E-state index in [-0.39, 0.29) is 18.4 Å². The molecule has 0 atom stereocenters. The highest BCUT2D eigenvalue weighted by Crippen LogP contribution is 2.28. The van der Waals surface area contributed by atoms with Gasteiger partial charge in [0, 0.05) is 20.0 Å². The van der Waals surface area contributed by atoms with Crippen LogP contribution >= 0.6 is 0 Å². The van der Waals surface area contributed by atoms with Crippen LogP contribution in [0.15, 0.2) is 10.8 Å². The van der Waals surface area contributed by atoms with Crippen LogP contribution in [-0.4, -0.2) is 34.0 Å². The fourth-order valence-electron chi connectivity index (χ4n) is 1.63. The van der Waals surface area contributed by atoms with Crippen LogP contribution in [-0.2, 0) is 11.4 Å². The number of hydrogen-bond donors (Lipinski definition) is 1. The molecular formula is C9H12N2O3. The Labute approximate surface area is 81.3 Å². The maximum absolute atomic E-state index is 10.9. The molecule has 76 valence electrons. The molecule has 0 aromatic carbocycles. The number of carbonyl (C=O) groups is 1. The van der Waals surface area contributed by atoms with Crippen LogP contribution in [0.3, 0.4) is 0 Å². The van der Waals surface area contributed by atoms with Crippen molar-refractivity contribution in [2.24, 2.45) is 0 Å². The summed E-state index contributed by atoms with van der Waals surface area (Å²) in [4.78, 5) is 16.5. The summed E-state index contributed by atoms with van der Waals surface area (Å²) in [5.74, 6) is 0.986. The van der Waals surface area contributed by atoms with Crippen LogP contribution in [0.2, 0.25) is 0 Å². The van der Waals surface area contributed by atoms with E-state index in [9.17, 15) is 4.79 Å². The molecular weight excluding hydrogens is 184 g/mol. The van der Waals surface area contributed by atoms with Crippen LogP contribution in [0.5, 0.6) is 0 Å². The first kappa shape index (κ1) is 9.21. The van der Waals surface area contributed by atoms with Crippen molar-refractivity contribution < 1.29 is 14.3 Å². The lowest BCUT2D eigenvalue weighted by atomic mass is 9.96. The second-order valence-corrected chi connectivity index (χ2v) is 3.44. The molecule has 0 bridgehead atoms. The first-order chi connectivity index (χ1) is 6.72. The highest BCUT2D eigenvalue weighted by atomic mass is 16.3. The Morgan fingerprint density at radius 1 is 1.79 bits per heavy atom. The van der Waals surface area contributed by atoms with Crippen molar-refractivity contribution in [1.29, 1.82) is 0 Å². The van der Waals surface area contributed by atoms with Gasteiger partial charge in [-0.3, -0.25) is 4.79 Å². The number of carbonyl (C=O) groups excluding carboxylic acids is 1. The molecule has 0 unspecified atom stereocenters.